The number of amides is 2. The summed E-state index contributed by atoms with van der Waals surface area (Å²) in [6.07, 6.45) is 0.787. The molecule has 2 N–H and O–H groups in total. The van der Waals surface area contributed by atoms with Crippen molar-refractivity contribution in [1.82, 2.24) is 10.3 Å². The molecule has 5 nitrogen and oxygen atoms in total. The van der Waals surface area contributed by atoms with Crippen molar-refractivity contribution >= 4 is 28.3 Å². The van der Waals surface area contributed by atoms with Gasteiger partial charge in [0, 0.05) is 11.4 Å². The van der Waals surface area contributed by atoms with Gasteiger partial charge < -0.3 is 5.32 Å². The quantitative estimate of drug-likeness (QED) is 0.784. The van der Waals surface area contributed by atoms with Gasteiger partial charge in [-0.2, -0.15) is 0 Å². The fourth-order valence-electron chi connectivity index (χ4n) is 0.957. The average molecular weight is 241 g/mol. The molecule has 1 atom stereocenters. The molecule has 16 heavy (non-hydrogen) atoms. The fraction of sp³-hybridized carbons (Fsp3) is 0.500. The van der Waals surface area contributed by atoms with Crippen molar-refractivity contribution in [2.24, 2.45) is 0 Å². The van der Waals surface area contributed by atoms with Crippen LogP contribution in [0.25, 0.3) is 0 Å². The summed E-state index contributed by atoms with van der Waals surface area (Å²) >= 11 is 1.30. The first-order chi connectivity index (χ1) is 7.52. The summed E-state index contributed by atoms with van der Waals surface area (Å²) in [5.74, 6) is -1.29. The Hall–Kier alpha value is -1.43. The predicted octanol–water partition coefficient (Wildman–Crippen LogP) is 1.30. The topological polar surface area (TPSA) is 71.1 Å². The lowest BCUT2D eigenvalue weighted by atomic mass is 10.2. The van der Waals surface area contributed by atoms with Crippen molar-refractivity contribution in [2.45, 2.75) is 33.2 Å². The van der Waals surface area contributed by atoms with E-state index in [1.807, 2.05) is 26.2 Å². The third-order valence-corrected chi connectivity index (χ3v) is 2.91. The lowest BCUT2D eigenvalue weighted by Gasteiger charge is -2.10. The van der Waals surface area contributed by atoms with Gasteiger partial charge in [-0.3, -0.25) is 14.9 Å². The van der Waals surface area contributed by atoms with E-state index >= 15 is 0 Å². The number of thiazole rings is 1. The molecule has 0 bridgehead atoms. The second-order valence-electron chi connectivity index (χ2n) is 3.53. The Kier molecular flexibility index (Phi) is 4.42. The van der Waals surface area contributed by atoms with Crippen molar-refractivity contribution in [3.05, 3.63) is 11.1 Å². The molecule has 0 saturated carbocycles. The van der Waals surface area contributed by atoms with Gasteiger partial charge in [0.25, 0.3) is 0 Å². The van der Waals surface area contributed by atoms with E-state index in [0.29, 0.717) is 5.13 Å². The summed E-state index contributed by atoms with van der Waals surface area (Å²) < 4.78 is 0. The van der Waals surface area contributed by atoms with Crippen molar-refractivity contribution in [3.8, 4) is 0 Å². The minimum atomic E-state index is -0.672. The molecule has 0 saturated heterocycles. The SMILES string of the molecule is CCC(C)NC(=O)C(=O)Nc1nc(C)cs1. The van der Waals surface area contributed by atoms with Crippen molar-refractivity contribution in [2.75, 3.05) is 5.32 Å². The maximum Gasteiger partial charge on any atom is 0.315 e. The molecular weight excluding hydrogens is 226 g/mol. The van der Waals surface area contributed by atoms with Gasteiger partial charge >= 0.3 is 11.8 Å². The standard InChI is InChI=1S/C10H15N3O2S/c1-4-6(2)11-8(14)9(15)13-10-12-7(3)5-16-10/h5-6H,4H2,1-3H3,(H,11,14)(H,12,13,15). The van der Waals surface area contributed by atoms with Crippen molar-refractivity contribution < 1.29 is 9.59 Å². The summed E-state index contributed by atoms with van der Waals surface area (Å²) in [6.45, 7) is 5.61. The molecule has 0 aliphatic heterocycles. The number of aromatic nitrogens is 1. The molecule has 1 aromatic heterocycles. The molecule has 1 heterocycles. The second kappa shape index (κ2) is 5.60. The Labute approximate surface area is 98.3 Å². The highest BCUT2D eigenvalue weighted by molar-refractivity contribution is 7.14. The molecular formula is C10H15N3O2S. The van der Waals surface area contributed by atoms with Crippen LogP contribution in [-0.2, 0) is 9.59 Å². The number of carbonyl (C=O) groups excluding carboxylic acids is 2. The smallest absolute Gasteiger partial charge is 0.315 e. The van der Waals surface area contributed by atoms with Gasteiger partial charge in [-0.05, 0) is 20.3 Å². The van der Waals surface area contributed by atoms with Crippen LogP contribution in [0, 0.1) is 6.92 Å². The number of aryl methyl sites for hydroxylation is 1. The van der Waals surface area contributed by atoms with E-state index in [2.05, 4.69) is 15.6 Å². The Bertz CT molecular complexity index is 389. The maximum absolute atomic E-state index is 11.4. The molecule has 0 fully saturated rings. The zero-order valence-corrected chi connectivity index (χ0v) is 10.4. The van der Waals surface area contributed by atoms with Crippen molar-refractivity contribution in [3.63, 3.8) is 0 Å². The monoisotopic (exact) mass is 241 g/mol. The van der Waals surface area contributed by atoms with Gasteiger partial charge in [0.05, 0.1) is 5.69 Å². The number of nitrogens with one attached hydrogen (secondary N) is 2. The summed E-state index contributed by atoms with van der Waals surface area (Å²) in [6, 6.07) is -0.00344. The van der Waals surface area contributed by atoms with Gasteiger partial charge in [0.15, 0.2) is 5.13 Å². The van der Waals surface area contributed by atoms with E-state index in [9.17, 15) is 9.59 Å². The normalized spacial score (nSPS) is 11.9. The van der Waals surface area contributed by atoms with Crippen LogP contribution in [0.1, 0.15) is 26.0 Å². The van der Waals surface area contributed by atoms with E-state index < -0.39 is 11.8 Å². The highest BCUT2D eigenvalue weighted by Crippen LogP contribution is 2.13. The fourth-order valence-corrected chi connectivity index (χ4v) is 1.64. The zero-order chi connectivity index (χ0) is 12.1. The summed E-state index contributed by atoms with van der Waals surface area (Å²) in [5, 5.41) is 7.28. The maximum atomic E-state index is 11.4. The van der Waals surface area contributed by atoms with Crippen LogP contribution in [-0.4, -0.2) is 22.8 Å². The van der Waals surface area contributed by atoms with Crippen LogP contribution in [0.4, 0.5) is 5.13 Å². The highest BCUT2D eigenvalue weighted by atomic mass is 32.1. The third-order valence-electron chi connectivity index (χ3n) is 2.04. The van der Waals surface area contributed by atoms with Gasteiger partial charge in [-0.1, -0.05) is 6.92 Å². The number of anilines is 1. The number of hydrogen-bond donors (Lipinski definition) is 2. The minimum absolute atomic E-state index is 0.00344. The lowest BCUT2D eigenvalue weighted by molar-refractivity contribution is -0.136. The first-order valence-corrected chi connectivity index (χ1v) is 5.94. The number of carbonyl (C=O) groups is 2. The van der Waals surface area contributed by atoms with E-state index in [1.54, 1.807) is 0 Å². The van der Waals surface area contributed by atoms with E-state index in [0.717, 1.165) is 12.1 Å². The molecule has 0 aliphatic rings. The number of rotatable bonds is 3. The Morgan fingerprint density at radius 2 is 2.19 bits per heavy atom. The largest absolute Gasteiger partial charge is 0.345 e. The molecule has 1 rings (SSSR count). The van der Waals surface area contributed by atoms with E-state index in [1.165, 1.54) is 11.3 Å². The van der Waals surface area contributed by atoms with Gasteiger partial charge in [-0.15, -0.1) is 11.3 Å². The van der Waals surface area contributed by atoms with Crippen LogP contribution in [0.3, 0.4) is 0 Å². The average Bonchev–Trinajstić information content (AvgIpc) is 2.63. The minimum Gasteiger partial charge on any atom is -0.345 e. The molecule has 0 aromatic carbocycles. The van der Waals surface area contributed by atoms with Gasteiger partial charge in [0.1, 0.15) is 0 Å². The van der Waals surface area contributed by atoms with Crippen LogP contribution in [0.15, 0.2) is 5.38 Å². The van der Waals surface area contributed by atoms with E-state index in [-0.39, 0.29) is 6.04 Å². The Morgan fingerprint density at radius 3 is 2.69 bits per heavy atom. The molecule has 88 valence electrons. The molecule has 0 aliphatic carbocycles. The van der Waals surface area contributed by atoms with Crippen LogP contribution < -0.4 is 10.6 Å². The first kappa shape index (κ1) is 12.6. The predicted molar refractivity (Wildman–Crippen MR) is 63.4 cm³/mol. The third kappa shape index (κ3) is 3.62. The van der Waals surface area contributed by atoms with Gasteiger partial charge in [-0.25, -0.2) is 4.98 Å². The van der Waals surface area contributed by atoms with Crippen LogP contribution in [0.5, 0.6) is 0 Å². The van der Waals surface area contributed by atoms with Crippen molar-refractivity contribution in [1.29, 1.82) is 0 Å². The molecule has 0 spiro atoms. The summed E-state index contributed by atoms with van der Waals surface area (Å²) in [7, 11) is 0. The van der Waals surface area contributed by atoms with Gasteiger partial charge in [0.2, 0.25) is 0 Å². The molecule has 6 heteroatoms. The summed E-state index contributed by atoms with van der Waals surface area (Å²) in [4.78, 5) is 26.8. The lowest BCUT2D eigenvalue weighted by Crippen LogP contribution is -2.40. The molecule has 0 radical (unpaired) electrons. The van der Waals surface area contributed by atoms with Crippen LogP contribution in [0.2, 0.25) is 0 Å². The first-order valence-electron chi connectivity index (χ1n) is 5.07. The summed E-state index contributed by atoms with van der Waals surface area (Å²) in [5.41, 5.74) is 0.822. The Balaban J connectivity index is 2.49. The molecule has 2 amide bonds. The molecule has 1 unspecified atom stereocenters. The Morgan fingerprint density at radius 1 is 1.50 bits per heavy atom. The second-order valence-corrected chi connectivity index (χ2v) is 4.39. The number of nitrogens with zero attached hydrogens (tertiary/aromatic N) is 1. The molecule has 1 aromatic rings. The zero-order valence-electron chi connectivity index (χ0n) is 9.53. The van der Waals surface area contributed by atoms with E-state index in [4.69, 9.17) is 0 Å². The van der Waals surface area contributed by atoms with Crippen LogP contribution >= 0.6 is 11.3 Å². The number of hydrogen-bond acceptors (Lipinski definition) is 4. The highest BCUT2D eigenvalue weighted by Gasteiger charge is 2.16.